The molecule has 2 rings (SSSR count). The third-order valence-corrected chi connectivity index (χ3v) is 3.03. The zero-order chi connectivity index (χ0) is 14.7. The normalized spacial score (nSPS) is 9.86. The summed E-state index contributed by atoms with van der Waals surface area (Å²) in [4.78, 5) is 11.8. The number of aromatic nitrogens is 2. The van der Waals surface area contributed by atoms with Gasteiger partial charge in [0.2, 0.25) is 0 Å². The number of rotatable bonds is 4. The van der Waals surface area contributed by atoms with Crippen molar-refractivity contribution in [3.63, 3.8) is 0 Å². The maximum Gasteiger partial charge on any atom is 0.262 e. The Balaban J connectivity index is 0.00000220. The Morgan fingerprint density at radius 2 is 2.05 bits per heavy atom. The van der Waals surface area contributed by atoms with Crippen molar-refractivity contribution in [3.05, 3.63) is 35.7 Å². The Labute approximate surface area is 129 Å². The summed E-state index contributed by atoms with van der Waals surface area (Å²) in [5.74, 6) is 0.384. The van der Waals surface area contributed by atoms with E-state index in [1.165, 1.54) is 0 Å². The molecule has 3 N–H and O–H groups in total. The van der Waals surface area contributed by atoms with E-state index < -0.39 is 0 Å². The minimum atomic E-state index is -0.259. The molecule has 7 heteroatoms. The number of carbonyl (C=O) groups is 1. The van der Waals surface area contributed by atoms with Gasteiger partial charge < -0.3 is 15.8 Å². The van der Waals surface area contributed by atoms with E-state index in [-0.39, 0.29) is 24.9 Å². The molecule has 0 aliphatic heterocycles. The van der Waals surface area contributed by atoms with E-state index in [2.05, 4.69) is 10.4 Å². The van der Waals surface area contributed by atoms with Crippen molar-refractivity contribution in [2.45, 2.75) is 13.8 Å². The quantitative estimate of drug-likeness (QED) is 0.847. The Kier molecular flexibility index (Phi) is 5.60. The molecular formula is C14H19ClN4O2. The maximum atomic E-state index is 11.8. The predicted molar refractivity (Wildman–Crippen MR) is 84.9 cm³/mol. The minimum absolute atomic E-state index is 0. The lowest BCUT2D eigenvalue weighted by Crippen LogP contribution is -2.21. The highest BCUT2D eigenvalue weighted by Gasteiger charge is 2.13. The van der Waals surface area contributed by atoms with Crippen molar-refractivity contribution in [2.75, 3.05) is 17.7 Å². The monoisotopic (exact) mass is 310 g/mol. The molecule has 2 aromatic rings. The second-order valence-electron chi connectivity index (χ2n) is 4.55. The van der Waals surface area contributed by atoms with Crippen LogP contribution in [0.1, 0.15) is 11.4 Å². The summed E-state index contributed by atoms with van der Waals surface area (Å²) >= 11 is 0. The fourth-order valence-electron chi connectivity index (χ4n) is 1.90. The van der Waals surface area contributed by atoms with Gasteiger partial charge in [-0.3, -0.25) is 9.48 Å². The van der Waals surface area contributed by atoms with Gasteiger partial charge in [-0.05, 0) is 26.0 Å². The number of hydrogen-bond donors (Lipinski definition) is 2. The molecule has 0 saturated carbocycles. The van der Waals surface area contributed by atoms with Crippen LogP contribution < -0.4 is 15.8 Å². The largest absolute Gasteiger partial charge is 0.480 e. The number of nitrogens with two attached hydrogens (primary N) is 1. The van der Waals surface area contributed by atoms with Crippen LogP contribution in [0.2, 0.25) is 0 Å². The standard InChI is InChI=1S/C14H18N4O2.ClH/c1-9-14(10(2)18(3)17-9)20-8-13(19)16-12-7-5-4-6-11(12)15;/h4-7H,8,15H2,1-3H3,(H,16,19);1H. The van der Waals surface area contributed by atoms with E-state index >= 15 is 0 Å². The van der Waals surface area contributed by atoms with Crippen LogP contribution in [0, 0.1) is 13.8 Å². The van der Waals surface area contributed by atoms with Gasteiger partial charge in [0.1, 0.15) is 5.69 Å². The number of para-hydroxylation sites is 2. The number of nitrogens with zero attached hydrogens (tertiary/aromatic N) is 2. The highest BCUT2D eigenvalue weighted by atomic mass is 35.5. The van der Waals surface area contributed by atoms with E-state index in [9.17, 15) is 4.79 Å². The predicted octanol–water partition coefficient (Wildman–Crippen LogP) is 2.06. The van der Waals surface area contributed by atoms with Crippen LogP contribution in [0.25, 0.3) is 0 Å². The SMILES string of the molecule is Cc1nn(C)c(C)c1OCC(=O)Nc1ccccc1N.Cl. The van der Waals surface area contributed by atoms with Gasteiger partial charge in [-0.15, -0.1) is 12.4 Å². The van der Waals surface area contributed by atoms with Crippen LogP contribution in [-0.4, -0.2) is 22.3 Å². The molecule has 0 aliphatic carbocycles. The molecule has 0 fully saturated rings. The molecule has 21 heavy (non-hydrogen) atoms. The Bertz CT molecular complexity index is 640. The summed E-state index contributed by atoms with van der Waals surface area (Å²) in [6.45, 7) is 3.65. The van der Waals surface area contributed by atoms with Crippen molar-refractivity contribution in [1.82, 2.24) is 9.78 Å². The molecule has 0 bridgehead atoms. The van der Waals surface area contributed by atoms with Crippen LogP contribution in [-0.2, 0) is 11.8 Å². The number of benzene rings is 1. The number of halogens is 1. The molecular weight excluding hydrogens is 292 g/mol. The zero-order valence-electron chi connectivity index (χ0n) is 12.2. The Hall–Kier alpha value is -2.21. The molecule has 0 radical (unpaired) electrons. The van der Waals surface area contributed by atoms with Crippen LogP contribution >= 0.6 is 12.4 Å². The molecule has 1 aromatic heterocycles. The molecule has 1 heterocycles. The molecule has 0 atom stereocenters. The fourth-order valence-corrected chi connectivity index (χ4v) is 1.90. The van der Waals surface area contributed by atoms with E-state index in [0.29, 0.717) is 17.1 Å². The average Bonchev–Trinajstić information content (AvgIpc) is 2.64. The molecule has 0 saturated heterocycles. The number of carbonyl (C=O) groups excluding carboxylic acids is 1. The van der Waals surface area contributed by atoms with Crippen LogP contribution in [0.3, 0.4) is 0 Å². The second kappa shape index (κ2) is 6.99. The van der Waals surface area contributed by atoms with Crippen molar-refractivity contribution < 1.29 is 9.53 Å². The Morgan fingerprint density at radius 3 is 2.62 bits per heavy atom. The number of nitrogen functional groups attached to an aromatic ring is 1. The first-order valence-corrected chi connectivity index (χ1v) is 6.26. The zero-order valence-corrected chi connectivity index (χ0v) is 13.0. The third-order valence-electron chi connectivity index (χ3n) is 3.03. The second-order valence-corrected chi connectivity index (χ2v) is 4.55. The first-order valence-electron chi connectivity index (χ1n) is 6.26. The van der Waals surface area contributed by atoms with Gasteiger partial charge in [-0.25, -0.2) is 0 Å². The molecule has 0 unspecified atom stereocenters. The van der Waals surface area contributed by atoms with Crippen molar-refractivity contribution in [3.8, 4) is 5.75 Å². The Morgan fingerprint density at radius 1 is 1.38 bits per heavy atom. The van der Waals surface area contributed by atoms with E-state index in [1.807, 2.05) is 33.0 Å². The molecule has 1 amide bonds. The molecule has 114 valence electrons. The lowest BCUT2D eigenvalue weighted by molar-refractivity contribution is -0.118. The molecule has 0 spiro atoms. The summed E-state index contributed by atoms with van der Waals surface area (Å²) < 4.78 is 7.25. The summed E-state index contributed by atoms with van der Waals surface area (Å²) in [5.41, 5.74) is 8.51. The minimum Gasteiger partial charge on any atom is -0.480 e. The average molecular weight is 311 g/mol. The maximum absolute atomic E-state index is 11.8. The first kappa shape index (κ1) is 16.8. The van der Waals surface area contributed by atoms with Crippen LogP contribution in [0.15, 0.2) is 24.3 Å². The summed E-state index contributed by atoms with van der Waals surface area (Å²) in [6, 6.07) is 7.09. The van der Waals surface area contributed by atoms with Crippen LogP contribution in [0.4, 0.5) is 11.4 Å². The van der Waals surface area contributed by atoms with Gasteiger partial charge in [0, 0.05) is 7.05 Å². The van der Waals surface area contributed by atoms with Crippen molar-refractivity contribution >= 4 is 29.7 Å². The number of aryl methyl sites for hydroxylation is 2. The molecule has 1 aromatic carbocycles. The first-order chi connectivity index (χ1) is 9.49. The third kappa shape index (κ3) is 3.88. The number of nitrogens with one attached hydrogen (secondary N) is 1. The van der Waals surface area contributed by atoms with E-state index in [4.69, 9.17) is 10.5 Å². The molecule has 0 aliphatic rings. The van der Waals surface area contributed by atoms with E-state index in [0.717, 1.165) is 11.4 Å². The highest BCUT2D eigenvalue weighted by molar-refractivity contribution is 5.94. The smallest absolute Gasteiger partial charge is 0.262 e. The van der Waals surface area contributed by atoms with Gasteiger partial charge in [-0.1, -0.05) is 12.1 Å². The van der Waals surface area contributed by atoms with E-state index in [1.54, 1.807) is 16.8 Å². The molecule has 6 nitrogen and oxygen atoms in total. The van der Waals surface area contributed by atoms with Gasteiger partial charge in [-0.2, -0.15) is 5.10 Å². The number of hydrogen-bond acceptors (Lipinski definition) is 4. The fraction of sp³-hybridized carbons (Fsp3) is 0.286. The van der Waals surface area contributed by atoms with Gasteiger partial charge in [0.15, 0.2) is 12.4 Å². The van der Waals surface area contributed by atoms with Crippen molar-refractivity contribution in [1.29, 1.82) is 0 Å². The van der Waals surface area contributed by atoms with Gasteiger partial charge in [0.05, 0.1) is 17.1 Å². The lowest BCUT2D eigenvalue weighted by atomic mass is 10.2. The van der Waals surface area contributed by atoms with Crippen molar-refractivity contribution in [2.24, 2.45) is 7.05 Å². The number of anilines is 2. The van der Waals surface area contributed by atoms with Gasteiger partial charge in [0.25, 0.3) is 5.91 Å². The summed E-state index contributed by atoms with van der Waals surface area (Å²) in [6.07, 6.45) is 0. The van der Waals surface area contributed by atoms with Gasteiger partial charge >= 0.3 is 0 Å². The highest BCUT2D eigenvalue weighted by Crippen LogP contribution is 2.21. The van der Waals surface area contributed by atoms with Crippen LogP contribution in [0.5, 0.6) is 5.75 Å². The number of ether oxygens (including phenoxy) is 1. The topological polar surface area (TPSA) is 82.2 Å². The summed E-state index contributed by atoms with van der Waals surface area (Å²) in [7, 11) is 1.83. The summed E-state index contributed by atoms with van der Waals surface area (Å²) in [5, 5.41) is 6.94. The lowest BCUT2D eigenvalue weighted by Gasteiger charge is -2.09. The number of amides is 1.